The number of hydrogen-bond donors (Lipinski definition) is 1. The van der Waals surface area contributed by atoms with Crippen LogP contribution in [-0.2, 0) is 4.79 Å². The molecule has 1 nitrogen and oxygen atoms in total. The van der Waals surface area contributed by atoms with Crippen molar-refractivity contribution in [2.24, 2.45) is 5.41 Å². The van der Waals surface area contributed by atoms with Crippen molar-refractivity contribution in [1.82, 2.24) is 0 Å². The minimum atomic E-state index is -0.0218. The molecule has 0 bridgehead atoms. The third kappa shape index (κ3) is 7.86. The zero-order valence-electron chi connectivity index (χ0n) is 11.7. The van der Waals surface area contributed by atoms with Crippen molar-refractivity contribution in [2.75, 3.05) is 5.75 Å². The lowest BCUT2D eigenvalue weighted by atomic mass is 9.79. The Kier molecular flexibility index (Phi) is 11.1. The molecule has 0 aromatic carbocycles. The molecule has 0 aliphatic rings. The summed E-state index contributed by atoms with van der Waals surface area (Å²) in [6.07, 6.45) is 13.4. The second kappa shape index (κ2) is 11.1. The zero-order chi connectivity index (χ0) is 13.0. The summed E-state index contributed by atoms with van der Waals surface area (Å²) in [5.41, 5.74) is -0.0218. The highest BCUT2D eigenvalue weighted by atomic mass is 32.1. The Labute approximate surface area is 113 Å². The Bertz CT molecular complexity index is 176. The predicted octanol–water partition coefficient (Wildman–Crippen LogP) is 5.04. The largest absolute Gasteiger partial charge is 0.303 e. The molecule has 0 amide bonds. The van der Waals surface area contributed by atoms with E-state index in [1.807, 2.05) is 0 Å². The summed E-state index contributed by atoms with van der Waals surface area (Å²) >= 11 is 4.21. The van der Waals surface area contributed by atoms with Crippen molar-refractivity contribution in [3.05, 3.63) is 0 Å². The molecule has 0 atom stereocenters. The molecule has 0 aromatic rings. The zero-order valence-corrected chi connectivity index (χ0v) is 12.6. The second-order valence-corrected chi connectivity index (χ2v) is 5.58. The first-order valence-electron chi connectivity index (χ1n) is 7.32. The fourth-order valence-electron chi connectivity index (χ4n) is 2.30. The Morgan fingerprint density at radius 3 is 1.76 bits per heavy atom. The number of carbonyl (C=O) groups excluding carboxylic acids is 1. The molecule has 0 heterocycles. The predicted molar refractivity (Wildman–Crippen MR) is 79.9 cm³/mol. The van der Waals surface area contributed by atoms with Gasteiger partial charge in [0.15, 0.2) is 0 Å². The molecule has 102 valence electrons. The maximum absolute atomic E-state index is 11.1. The summed E-state index contributed by atoms with van der Waals surface area (Å²) in [6.45, 7) is 4.27. The van der Waals surface area contributed by atoms with E-state index in [1.54, 1.807) is 0 Å². The first kappa shape index (κ1) is 17.0. The van der Waals surface area contributed by atoms with E-state index in [9.17, 15) is 4.79 Å². The average Bonchev–Trinajstić information content (AvgIpc) is 2.38. The fourth-order valence-corrected chi connectivity index (χ4v) is 2.53. The minimum Gasteiger partial charge on any atom is -0.303 e. The van der Waals surface area contributed by atoms with Crippen molar-refractivity contribution >= 4 is 18.9 Å². The van der Waals surface area contributed by atoms with Gasteiger partial charge in [-0.1, -0.05) is 52.4 Å². The normalized spacial score (nSPS) is 11.7. The minimum absolute atomic E-state index is 0.0218. The van der Waals surface area contributed by atoms with Gasteiger partial charge in [0.2, 0.25) is 0 Å². The Morgan fingerprint density at radius 1 is 0.882 bits per heavy atom. The SMILES string of the molecule is CCC(C=O)(CC)CCCCCCCCCS. The van der Waals surface area contributed by atoms with Gasteiger partial charge in [0.05, 0.1) is 0 Å². The monoisotopic (exact) mass is 258 g/mol. The maximum atomic E-state index is 11.1. The van der Waals surface area contributed by atoms with Crippen LogP contribution in [0.4, 0.5) is 0 Å². The first-order chi connectivity index (χ1) is 8.24. The summed E-state index contributed by atoms with van der Waals surface area (Å²) < 4.78 is 0. The van der Waals surface area contributed by atoms with Crippen molar-refractivity contribution < 1.29 is 4.79 Å². The van der Waals surface area contributed by atoms with Gasteiger partial charge in [-0.3, -0.25) is 0 Å². The van der Waals surface area contributed by atoms with Crippen LogP contribution in [0.25, 0.3) is 0 Å². The highest BCUT2D eigenvalue weighted by molar-refractivity contribution is 7.80. The molecule has 0 aliphatic carbocycles. The molecule has 0 radical (unpaired) electrons. The van der Waals surface area contributed by atoms with Gasteiger partial charge < -0.3 is 4.79 Å². The van der Waals surface area contributed by atoms with Crippen LogP contribution < -0.4 is 0 Å². The number of unbranched alkanes of at least 4 members (excludes halogenated alkanes) is 6. The number of hydrogen-bond acceptors (Lipinski definition) is 2. The van der Waals surface area contributed by atoms with Crippen LogP contribution >= 0.6 is 12.6 Å². The van der Waals surface area contributed by atoms with Crippen molar-refractivity contribution in [3.8, 4) is 0 Å². The number of aldehydes is 1. The quantitative estimate of drug-likeness (QED) is 0.295. The number of carbonyl (C=O) groups is 1. The molecule has 0 unspecified atom stereocenters. The lowest BCUT2D eigenvalue weighted by molar-refractivity contribution is -0.117. The van der Waals surface area contributed by atoms with Crippen LogP contribution in [0, 0.1) is 5.41 Å². The Hall–Kier alpha value is 0.0200. The summed E-state index contributed by atoms with van der Waals surface area (Å²) in [6, 6.07) is 0. The summed E-state index contributed by atoms with van der Waals surface area (Å²) in [7, 11) is 0. The summed E-state index contributed by atoms with van der Waals surface area (Å²) in [5.74, 6) is 1.02. The van der Waals surface area contributed by atoms with Gasteiger partial charge in [0, 0.05) is 5.41 Å². The highest BCUT2D eigenvalue weighted by Gasteiger charge is 2.24. The van der Waals surface area contributed by atoms with E-state index in [0.29, 0.717) is 0 Å². The Morgan fingerprint density at radius 2 is 1.35 bits per heavy atom. The fraction of sp³-hybridized carbons (Fsp3) is 0.933. The number of rotatable bonds is 12. The van der Waals surface area contributed by atoms with Crippen molar-refractivity contribution in [3.63, 3.8) is 0 Å². The molecular weight excluding hydrogens is 228 g/mol. The molecule has 0 spiro atoms. The standard InChI is InChI=1S/C15H30OS/c1-3-15(4-2,14-16)12-10-8-6-5-7-9-11-13-17/h14,17H,3-13H2,1-2H3. The van der Waals surface area contributed by atoms with Gasteiger partial charge in [-0.25, -0.2) is 0 Å². The van der Waals surface area contributed by atoms with Crippen LogP contribution in [0.1, 0.15) is 78.1 Å². The van der Waals surface area contributed by atoms with E-state index in [-0.39, 0.29) is 5.41 Å². The molecule has 2 heteroatoms. The van der Waals surface area contributed by atoms with Crippen LogP contribution in [0.5, 0.6) is 0 Å². The summed E-state index contributed by atoms with van der Waals surface area (Å²) in [5, 5.41) is 0. The lowest BCUT2D eigenvalue weighted by Crippen LogP contribution is -2.20. The smallest absolute Gasteiger partial charge is 0.126 e. The molecule has 17 heavy (non-hydrogen) atoms. The molecule has 0 fully saturated rings. The highest BCUT2D eigenvalue weighted by Crippen LogP contribution is 2.30. The van der Waals surface area contributed by atoms with Crippen LogP contribution in [0.15, 0.2) is 0 Å². The molecule has 0 aromatic heterocycles. The van der Waals surface area contributed by atoms with Gasteiger partial charge in [0.1, 0.15) is 6.29 Å². The van der Waals surface area contributed by atoms with E-state index >= 15 is 0 Å². The van der Waals surface area contributed by atoms with E-state index in [0.717, 1.165) is 25.0 Å². The maximum Gasteiger partial charge on any atom is 0.126 e. The molecule has 0 aliphatic heterocycles. The molecule has 0 saturated carbocycles. The van der Waals surface area contributed by atoms with Crippen molar-refractivity contribution in [1.29, 1.82) is 0 Å². The third-order valence-electron chi connectivity index (χ3n) is 3.99. The Balaban J connectivity index is 3.46. The molecular formula is C15H30OS. The second-order valence-electron chi connectivity index (χ2n) is 5.14. The first-order valence-corrected chi connectivity index (χ1v) is 7.95. The van der Waals surface area contributed by atoms with E-state index in [1.165, 1.54) is 51.2 Å². The van der Waals surface area contributed by atoms with Crippen LogP contribution in [0.3, 0.4) is 0 Å². The van der Waals surface area contributed by atoms with Gasteiger partial charge in [-0.05, 0) is 31.4 Å². The lowest BCUT2D eigenvalue weighted by Gasteiger charge is -2.24. The van der Waals surface area contributed by atoms with Crippen LogP contribution in [0.2, 0.25) is 0 Å². The third-order valence-corrected chi connectivity index (χ3v) is 4.31. The molecule has 0 N–H and O–H groups in total. The number of thiol groups is 1. The average molecular weight is 258 g/mol. The van der Waals surface area contributed by atoms with Gasteiger partial charge in [-0.15, -0.1) is 0 Å². The van der Waals surface area contributed by atoms with Crippen molar-refractivity contribution in [2.45, 2.75) is 78.1 Å². The van der Waals surface area contributed by atoms with Gasteiger partial charge in [0.25, 0.3) is 0 Å². The summed E-state index contributed by atoms with van der Waals surface area (Å²) in [4.78, 5) is 11.1. The van der Waals surface area contributed by atoms with Gasteiger partial charge in [-0.2, -0.15) is 12.6 Å². The molecule has 0 rings (SSSR count). The molecule has 0 saturated heterocycles. The van der Waals surface area contributed by atoms with E-state index in [4.69, 9.17) is 0 Å². The van der Waals surface area contributed by atoms with E-state index in [2.05, 4.69) is 26.5 Å². The van der Waals surface area contributed by atoms with Gasteiger partial charge >= 0.3 is 0 Å². The van der Waals surface area contributed by atoms with Crippen LogP contribution in [-0.4, -0.2) is 12.0 Å². The topological polar surface area (TPSA) is 17.1 Å². The van der Waals surface area contributed by atoms with E-state index < -0.39 is 0 Å².